The Kier molecular flexibility index (Phi) is 2.13. The average molecular weight is 199 g/mol. The number of hydrogen-bond donors (Lipinski definition) is 0. The van der Waals surface area contributed by atoms with Gasteiger partial charge in [0.25, 0.3) is 5.56 Å². The summed E-state index contributed by atoms with van der Waals surface area (Å²) in [6.07, 6.45) is 1.46. The Balaban J connectivity index is 2.00. The smallest absolute Gasteiger partial charge is 0.250 e. The molecule has 0 atom stereocenters. The van der Waals surface area contributed by atoms with Gasteiger partial charge in [-0.15, -0.1) is 0 Å². The van der Waals surface area contributed by atoms with Gasteiger partial charge in [0.2, 0.25) is 5.92 Å². The number of pyridine rings is 1. The van der Waals surface area contributed by atoms with Crippen molar-refractivity contribution in [3.8, 4) is 0 Å². The Bertz CT molecular complexity index is 378. The molecule has 2 rings (SSSR count). The highest BCUT2D eigenvalue weighted by Crippen LogP contribution is 2.42. The van der Waals surface area contributed by atoms with Gasteiger partial charge in [-0.2, -0.15) is 0 Å². The van der Waals surface area contributed by atoms with E-state index >= 15 is 0 Å². The molecule has 1 fully saturated rings. The molecule has 1 aromatic heterocycles. The fourth-order valence-corrected chi connectivity index (χ4v) is 1.80. The third kappa shape index (κ3) is 1.84. The monoisotopic (exact) mass is 199 g/mol. The van der Waals surface area contributed by atoms with E-state index < -0.39 is 5.92 Å². The van der Waals surface area contributed by atoms with Gasteiger partial charge in [-0.05, 0) is 12.0 Å². The van der Waals surface area contributed by atoms with Crippen LogP contribution in [0.5, 0.6) is 0 Å². The van der Waals surface area contributed by atoms with Crippen LogP contribution in [0.25, 0.3) is 0 Å². The van der Waals surface area contributed by atoms with Crippen LogP contribution in [0.2, 0.25) is 0 Å². The second-order valence-corrected chi connectivity index (χ2v) is 3.82. The minimum absolute atomic E-state index is 0.0508. The first-order valence-corrected chi connectivity index (χ1v) is 4.60. The van der Waals surface area contributed by atoms with Crippen LogP contribution in [0, 0.1) is 5.92 Å². The van der Waals surface area contributed by atoms with Crippen LogP contribution in [-0.4, -0.2) is 10.5 Å². The topological polar surface area (TPSA) is 22.0 Å². The highest BCUT2D eigenvalue weighted by Gasteiger charge is 2.45. The first kappa shape index (κ1) is 9.37. The largest absolute Gasteiger partial charge is 0.315 e. The number of nitrogens with zero attached hydrogens (tertiary/aromatic N) is 1. The number of aromatic nitrogens is 1. The van der Waals surface area contributed by atoms with Gasteiger partial charge in [0, 0.05) is 31.6 Å². The lowest BCUT2D eigenvalue weighted by molar-refractivity contribution is -0.114. The van der Waals surface area contributed by atoms with Gasteiger partial charge in [0.1, 0.15) is 0 Å². The molecule has 0 aromatic carbocycles. The van der Waals surface area contributed by atoms with Crippen molar-refractivity contribution >= 4 is 0 Å². The zero-order chi connectivity index (χ0) is 10.2. The summed E-state index contributed by atoms with van der Waals surface area (Å²) in [7, 11) is 0. The minimum atomic E-state index is -2.50. The van der Waals surface area contributed by atoms with Crippen molar-refractivity contribution in [3.63, 3.8) is 0 Å². The zero-order valence-electron chi connectivity index (χ0n) is 7.62. The summed E-state index contributed by atoms with van der Waals surface area (Å²) in [6.45, 7) is 0.412. The van der Waals surface area contributed by atoms with Gasteiger partial charge < -0.3 is 4.57 Å². The molecule has 1 aromatic rings. The van der Waals surface area contributed by atoms with Crippen LogP contribution in [0.15, 0.2) is 29.2 Å². The Hall–Kier alpha value is -1.19. The van der Waals surface area contributed by atoms with Crippen molar-refractivity contribution in [1.82, 2.24) is 4.57 Å². The molecule has 4 heteroatoms. The molecule has 14 heavy (non-hydrogen) atoms. The Labute approximate surface area is 80.2 Å². The van der Waals surface area contributed by atoms with E-state index in [1.165, 1.54) is 10.6 Å². The fraction of sp³-hybridized carbons (Fsp3) is 0.500. The summed E-state index contributed by atoms with van der Waals surface area (Å²) in [5, 5.41) is 0. The van der Waals surface area contributed by atoms with E-state index in [2.05, 4.69) is 0 Å². The Morgan fingerprint density at radius 1 is 1.43 bits per heavy atom. The van der Waals surface area contributed by atoms with Crippen molar-refractivity contribution < 1.29 is 8.78 Å². The molecule has 76 valence electrons. The summed E-state index contributed by atoms with van der Waals surface area (Å²) in [6, 6.07) is 4.82. The molecule has 0 N–H and O–H groups in total. The van der Waals surface area contributed by atoms with E-state index in [0.717, 1.165) is 0 Å². The molecule has 1 aliphatic carbocycles. The predicted molar refractivity (Wildman–Crippen MR) is 48.4 cm³/mol. The lowest BCUT2D eigenvalue weighted by Crippen LogP contribution is -2.39. The first-order valence-electron chi connectivity index (χ1n) is 4.60. The van der Waals surface area contributed by atoms with Gasteiger partial charge in [-0.3, -0.25) is 4.79 Å². The SMILES string of the molecule is O=c1ccccn1CC1CC(F)(F)C1. The Morgan fingerprint density at radius 2 is 2.14 bits per heavy atom. The molecule has 2 nitrogen and oxygen atoms in total. The quantitative estimate of drug-likeness (QED) is 0.713. The first-order chi connectivity index (χ1) is 6.57. The van der Waals surface area contributed by atoms with E-state index in [9.17, 15) is 13.6 Å². The number of halogens is 2. The highest BCUT2D eigenvalue weighted by molar-refractivity contribution is 4.95. The van der Waals surface area contributed by atoms with E-state index in [4.69, 9.17) is 0 Å². The number of alkyl halides is 2. The predicted octanol–water partition coefficient (Wildman–Crippen LogP) is 1.89. The summed E-state index contributed by atoms with van der Waals surface area (Å²) < 4.78 is 26.5. The van der Waals surface area contributed by atoms with Crippen molar-refractivity contribution in [2.45, 2.75) is 25.3 Å². The van der Waals surface area contributed by atoms with Crippen molar-refractivity contribution in [2.24, 2.45) is 5.92 Å². The number of rotatable bonds is 2. The molecular weight excluding hydrogens is 188 g/mol. The van der Waals surface area contributed by atoms with Gasteiger partial charge in [-0.1, -0.05) is 6.07 Å². The zero-order valence-corrected chi connectivity index (χ0v) is 7.62. The lowest BCUT2D eigenvalue weighted by Gasteiger charge is -2.35. The van der Waals surface area contributed by atoms with Crippen molar-refractivity contribution in [1.29, 1.82) is 0 Å². The van der Waals surface area contributed by atoms with Crippen LogP contribution >= 0.6 is 0 Å². The normalized spacial score (nSPS) is 20.4. The van der Waals surface area contributed by atoms with Gasteiger partial charge in [0.15, 0.2) is 0 Å². The van der Waals surface area contributed by atoms with Gasteiger partial charge in [0.05, 0.1) is 0 Å². The van der Waals surface area contributed by atoms with Crippen molar-refractivity contribution in [3.05, 3.63) is 34.7 Å². The van der Waals surface area contributed by atoms with Crippen molar-refractivity contribution in [2.75, 3.05) is 0 Å². The third-order valence-electron chi connectivity index (χ3n) is 2.53. The second kappa shape index (κ2) is 3.19. The van der Waals surface area contributed by atoms with E-state index in [1.54, 1.807) is 18.3 Å². The average Bonchev–Trinajstić information content (AvgIpc) is 2.05. The molecule has 0 saturated heterocycles. The molecule has 0 amide bonds. The molecule has 1 aliphatic rings. The summed E-state index contributed by atoms with van der Waals surface area (Å²) in [5.41, 5.74) is -0.122. The summed E-state index contributed by atoms with van der Waals surface area (Å²) in [4.78, 5) is 11.2. The van der Waals surface area contributed by atoms with E-state index in [-0.39, 0.29) is 24.3 Å². The van der Waals surface area contributed by atoms with Crippen LogP contribution in [0.1, 0.15) is 12.8 Å². The molecule has 0 unspecified atom stereocenters. The molecular formula is C10H11F2NO. The molecule has 0 aliphatic heterocycles. The minimum Gasteiger partial charge on any atom is -0.315 e. The lowest BCUT2D eigenvalue weighted by atomic mass is 9.81. The highest BCUT2D eigenvalue weighted by atomic mass is 19.3. The number of hydrogen-bond acceptors (Lipinski definition) is 1. The van der Waals surface area contributed by atoms with E-state index in [1.807, 2.05) is 0 Å². The molecule has 0 spiro atoms. The maximum absolute atomic E-state index is 12.5. The molecule has 0 radical (unpaired) electrons. The summed E-state index contributed by atoms with van der Waals surface area (Å²) in [5.74, 6) is -2.55. The van der Waals surface area contributed by atoms with Crippen LogP contribution in [0.3, 0.4) is 0 Å². The summed E-state index contributed by atoms with van der Waals surface area (Å²) >= 11 is 0. The van der Waals surface area contributed by atoms with Crippen LogP contribution < -0.4 is 5.56 Å². The van der Waals surface area contributed by atoms with Gasteiger partial charge in [-0.25, -0.2) is 8.78 Å². The fourth-order valence-electron chi connectivity index (χ4n) is 1.80. The molecule has 1 heterocycles. The second-order valence-electron chi connectivity index (χ2n) is 3.82. The van der Waals surface area contributed by atoms with Gasteiger partial charge >= 0.3 is 0 Å². The third-order valence-corrected chi connectivity index (χ3v) is 2.53. The van der Waals surface area contributed by atoms with Crippen LogP contribution in [-0.2, 0) is 6.54 Å². The maximum atomic E-state index is 12.5. The maximum Gasteiger partial charge on any atom is 0.250 e. The van der Waals surface area contributed by atoms with E-state index in [0.29, 0.717) is 6.54 Å². The standard InChI is InChI=1S/C10H11F2NO/c11-10(12)5-8(6-10)7-13-4-2-1-3-9(13)14/h1-4,8H,5-7H2. The molecule has 0 bridgehead atoms. The van der Waals surface area contributed by atoms with Crippen LogP contribution in [0.4, 0.5) is 8.78 Å². The Morgan fingerprint density at radius 3 is 2.71 bits per heavy atom. The molecule has 1 saturated carbocycles.